The Balaban J connectivity index is -0.0000000607. The normalized spacial score (nSPS) is 11.8. The summed E-state index contributed by atoms with van der Waals surface area (Å²) in [5.41, 5.74) is 5.30. The molecule has 1 aliphatic rings. The standard InChI is InChI=1S/C9H20.C7H13FN2O2.C6H13NO.C4H6.C3H6.C3H8.2C2H6.H3N/c1-4-6-8-9(3)7-5-2;1-4-10(8)12-7(3)6(2)9-5-11;1-6(2,3)5(7)4-8;1-3-4-2;1-2-3-1;1-3-2;2*1-2;/h9H,4-8H2,1-3H3;5-6H,3-4H2,1-2H3,(H,9,11);4-5H,7H2,1-3H3;1H,4H2,2H3;1-3H2;3H2,1-2H3;2*1-2H3;1H3. The van der Waals surface area contributed by atoms with E-state index >= 15 is 0 Å². The van der Waals surface area contributed by atoms with Crippen molar-refractivity contribution in [2.75, 3.05) is 6.54 Å². The second-order valence-corrected chi connectivity index (χ2v) is 10.6. The highest BCUT2D eigenvalue weighted by molar-refractivity contribution is 5.58. The Bertz CT molecular complexity index is 560. The highest BCUT2D eigenvalue weighted by atomic mass is 19.2. The first-order chi connectivity index (χ1) is 20.2. The summed E-state index contributed by atoms with van der Waals surface area (Å²) in [4.78, 5) is 24.6. The fourth-order valence-corrected chi connectivity index (χ4v) is 1.86. The van der Waals surface area contributed by atoms with Crippen LogP contribution < -0.4 is 17.2 Å². The number of halogens is 1. The van der Waals surface area contributed by atoms with Crippen molar-refractivity contribution in [1.29, 1.82) is 0 Å². The molecule has 3 atom stereocenters. The number of rotatable bonds is 12. The van der Waals surface area contributed by atoms with Crippen LogP contribution in [0.3, 0.4) is 0 Å². The summed E-state index contributed by atoms with van der Waals surface area (Å²) in [6.07, 6.45) is 19.6. The molecule has 0 radical (unpaired) electrons. The van der Waals surface area contributed by atoms with Gasteiger partial charge in [0.25, 0.3) is 0 Å². The predicted octanol–water partition coefficient (Wildman–Crippen LogP) is 10.8. The number of terminal acetylenes is 1. The zero-order valence-corrected chi connectivity index (χ0v) is 32.3. The van der Waals surface area contributed by atoms with Crippen LogP contribution in [0, 0.1) is 23.7 Å². The maximum absolute atomic E-state index is 12.4. The lowest BCUT2D eigenvalue weighted by Crippen LogP contribution is -2.36. The van der Waals surface area contributed by atoms with Gasteiger partial charge in [0.1, 0.15) is 12.0 Å². The van der Waals surface area contributed by atoms with E-state index in [1.807, 2.05) is 55.4 Å². The molecule has 7 nitrogen and oxygen atoms in total. The number of hydrogen-bond acceptors (Lipinski definition) is 6. The lowest BCUT2D eigenvalue weighted by molar-refractivity contribution is -0.252. The molecule has 0 aromatic heterocycles. The number of unbranched alkanes of at least 4 members (excludes halogenated alkanes) is 1. The van der Waals surface area contributed by atoms with Crippen LogP contribution in [-0.4, -0.2) is 36.6 Å². The highest BCUT2D eigenvalue weighted by Crippen LogP contribution is 2.15. The van der Waals surface area contributed by atoms with Crippen molar-refractivity contribution in [1.82, 2.24) is 16.8 Å². The number of nitrogens with two attached hydrogens (primary N) is 1. The lowest BCUT2D eigenvalue weighted by atomic mass is 9.89. The summed E-state index contributed by atoms with van der Waals surface area (Å²) in [5, 5.41) is 2.52. The van der Waals surface area contributed by atoms with E-state index in [1.54, 1.807) is 13.8 Å². The van der Waals surface area contributed by atoms with Crippen LogP contribution in [0.2, 0.25) is 0 Å². The molecule has 1 rings (SSSR count). The molecule has 6 N–H and O–H groups in total. The minimum Gasteiger partial charge on any atom is -0.379 e. The number of hydroxylamine groups is 1. The van der Waals surface area contributed by atoms with Gasteiger partial charge < -0.3 is 26.8 Å². The van der Waals surface area contributed by atoms with Crippen LogP contribution in [-0.2, 0) is 14.4 Å². The van der Waals surface area contributed by atoms with Crippen LogP contribution in [0.1, 0.15) is 168 Å². The molecule has 3 unspecified atom stereocenters. The molecule has 1 saturated carbocycles. The van der Waals surface area contributed by atoms with Gasteiger partial charge in [0.05, 0.1) is 18.6 Å². The molecule has 0 aliphatic heterocycles. The molecule has 0 bridgehead atoms. The van der Waals surface area contributed by atoms with Gasteiger partial charge in [0.2, 0.25) is 6.41 Å². The Labute approximate surface area is 276 Å². The fraction of sp³-hybridized carbons (Fsp3) is 0.833. The van der Waals surface area contributed by atoms with Gasteiger partial charge in [-0.1, -0.05) is 159 Å². The van der Waals surface area contributed by atoms with Crippen LogP contribution >= 0.6 is 0 Å². The third kappa shape index (κ3) is 77.6. The van der Waals surface area contributed by atoms with Gasteiger partial charge in [-0.2, -0.15) is 0 Å². The van der Waals surface area contributed by atoms with Crippen LogP contribution in [0.5, 0.6) is 0 Å². The quantitative estimate of drug-likeness (QED) is 0.0644. The van der Waals surface area contributed by atoms with Gasteiger partial charge >= 0.3 is 0 Å². The minimum atomic E-state index is -0.396. The van der Waals surface area contributed by atoms with Gasteiger partial charge in [-0.15, -0.1) is 12.3 Å². The van der Waals surface area contributed by atoms with E-state index < -0.39 is 6.04 Å². The van der Waals surface area contributed by atoms with E-state index in [0.29, 0.717) is 6.41 Å². The average Bonchev–Trinajstić information content (AvgIpc) is 3.88. The van der Waals surface area contributed by atoms with E-state index in [0.717, 1.165) is 18.6 Å². The van der Waals surface area contributed by atoms with Crippen molar-refractivity contribution in [3.05, 3.63) is 12.3 Å². The zero-order chi connectivity index (χ0) is 35.7. The maximum Gasteiger partial charge on any atom is 0.207 e. The Morgan fingerprint density at radius 2 is 1.41 bits per heavy atom. The molecule has 8 heteroatoms. The number of carbonyl (C=O) groups is 2. The fourth-order valence-electron chi connectivity index (χ4n) is 1.86. The topological polar surface area (TPSA) is 120 Å². The van der Waals surface area contributed by atoms with Gasteiger partial charge in [0, 0.05) is 11.7 Å². The Morgan fingerprint density at radius 3 is 1.61 bits per heavy atom. The van der Waals surface area contributed by atoms with Gasteiger partial charge in [-0.05, 0) is 25.2 Å². The van der Waals surface area contributed by atoms with Crippen LogP contribution in [0.25, 0.3) is 0 Å². The SMILES string of the molecule is C#CCC.C1CC1.C=C(ON(F)CC)C(C)NC=O.CC.CC.CC(C)(C)C(N)C=O.CCC.CCCCC(C)CCC.N. The number of amides is 1. The van der Waals surface area contributed by atoms with Gasteiger partial charge in [-0.3, -0.25) is 4.79 Å². The van der Waals surface area contributed by atoms with Crippen molar-refractivity contribution >= 4 is 12.7 Å². The van der Waals surface area contributed by atoms with Crippen LogP contribution in [0.4, 0.5) is 4.48 Å². The smallest absolute Gasteiger partial charge is 0.207 e. The Hall–Kier alpha value is -1.95. The largest absolute Gasteiger partial charge is 0.379 e. The summed E-state index contributed by atoms with van der Waals surface area (Å²) >= 11 is 0. The summed E-state index contributed by atoms with van der Waals surface area (Å²) in [6.45, 7) is 33.7. The van der Waals surface area contributed by atoms with Crippen molar-refractivity contribution in [3.63, 3.8) is 0 Å². The third-order valence-corrected chi connectivity index (χ3v) is 4.80. The maximum atomic E-state index is 12.4. The zero-order valence-electron chi connectivity index (χ0n) is 32.3. The molecule has 0 aromatic carbocycles. The van der Waals surface area contributed by atoms with Gasteiger partial charge in [-0.25, -0.2) is 0 Å². The number of carbonyl (C=O) groups excluding carboxylic acids is 2. The number of nitrogens with one attached hydrogen (secondary N) is 1. The molecular weight excluding hydrogens is 555 g/mol. The second kappa shape index (κ2) is 53.6. The van der Waals surface area contributed by atoms with E-state index in [-0.39, 0.29) is 35.2 Å². The molecule has 1 fully saturated rings. The lowest BCUT2D eigenvalue weighted by Gasteiger charge is -2.20. The minimum absolute atomic E-state index is 0. The second-order valence-electron chi connectivity index (χ2n) is 10.6. The number of hydrogen-bond donors (Lipinski definition) is 3. The summed E-state index contributed by atoms with van der Waals surface area (Å²) in [7, 11) is 0. The summed E-state index contributed by atoms with van der Waals surface area (Å²) < 4.78 is 12.4. The summed E-state index contributed by atoms with van der Waals surface area (Å²) in [5.74, 6) is 3.56. The molecule has 0 heterocycles. The predicted molar refractivity (Wildman–Crippen MR) is 196 cm³/mol. The third-order valence-electron chi connectivity index (χ3n) is 4.80. The number of nitrogens with zero attached hydrogens (tertiary/aromatic N) is 1. The first-order valence-electron chi connectivity index (χ1n) is 16.9. The Morgan fingerprint density at radius 1 is 1.00 bits per heavy atom. The molecule has 1 aliphatic carbocycles. The summed E-state index contributed by atoms with van der Waals surface area (Å²) in [6, 6.07) is -0.727. The van der Waals surface area contributed by atoms with E-state index in [9.17, 15) is 14.1 Å². The van der Waals surface area contributed by atoms with E-state index in [1.165, 1.54) is 57.8 Å². The highest BCUT2D eigenvalue weighted by Gasteiger charge is 2.18. The van der Waals surface area contributed by atoms with Crippen LogP contribution in [0.15, 0.2) is 12.3 Å². The Kier molecular flexibility index (Phi) is 74.4. The monoisotopic (exact) mass is 637 g/mol. The molecule has 270 valence electrons. The first kappa shape index (κ1) is 61.1. The molecule has 0 saturated heterocycles. The van der Waals surface area contributed by atoms with Crippen molar-refractivity contribution in [2.45, 2.75) is 180 Å². The number of aldehydes is 1. The first-order valence-corrected chi connectivity index (χ1v) is 16.9. The molecular formula is C36H81FN4O3. The molecule has 1 amide bonds. The molecule has 0 spiro atoms. The van der Waals surface area contributed by atoms with Crippen molar-refractivity contribution < 1.29 is 18.9 Å². The van der Waals surface area contributed by atoms with Crippen molar-refractivity contribution in [3.8, 4) is 12.3 Å². The van der Waals surface area contributed by atoms with E-state index in [4.69, 9.17) is 12.2 Å². The van der Waals surface area contributed by atoms with Gasteiger partial charge in [0.15, 0.2) is 0 Å². The average molecular weight is 637 g/mol. The van der Waals surface area contributed by atoms with E-state index in [2.05, 4.69) is 57.3 Å². The molecule has 0 aromatic rings. The van der Waals surface area contributed by atoms with Crippen molar-refractivity contribution in [2.24, 2.45) is 17.1 Å². The molecule has 44 heavy (non-hydrogen) atoms.